The highest BCUT2D eigenvalue weighted by Crippen LogP contribution is 2.13. The molecule has 0 aliphatic carbocycles. The molecule has 0 fully saturated rings. The van der Waals surface area contributed by atoms with Crippen molar-refractivity contribution in [3.63, 3.8) is 0 Å². The number of halogens is 1. The summed E-state index contributed by atoms with van der Waals surface area (Å²) in [5, 5.41) is 5.38. The van der Waals surface area contributed by atoms with Crippen LogP contribution in [0.2, 0.25) is 0 Å². The van der Waals surface area contributed by atoms with Gasteiger partial charge in [-0.3, -0.25) is 14.5 Å². The molecule has 0 aliphatic rings. The Morgan fingerprint density at radius 1 is 1.15 bits per heavy atom. The second kappa shape index (κ2) is 8.71. The molecule has 0 aliphatic heterocycles. The largest absolute Gasteiger partial charge is 0.358 e. The van der Waals surface area contributed by atoms with Gasteiger partial charge in [-0.25, -0.2) is 0 Å². The maximum atomic E-state index is 12.0. The van der Waals surface area contributed by atoms with Crippen LogP contribution in [0.5, 0.6) is 0 Å². The van der Waals surface area contributed by atoms with Crippen molar-refractivity contribution in [2.45, 2.75) is 13.3 Å². The third-order valence-corrected chi connectivity index (χ3v) is 3.21. The maximum absolute atomic E-state index is 12.0. The highest BCUT2D eigenvalue weighted by molar-refractivity contribution is 9.10. The van der Waals surface area contributed by atoms with Crippen molar-refractivity contribution in [1.82, 2.24) is 10.2 Å². The minimum absolute atomic E-state index is 0.0881. The third-order valence-electron chi connectivity index (χ3n) is 2.68. The van der Waals surface area contributed by atoms with Gasteiger partial charge in [0.15, 0.2) is 0 Å². The van der Waals surface area contributed by atoms with Gasteiger partial charge in [-0.2, -0.15) is 0 Å². The van der Waals surface area contributed by atoms with E-state index >= 15 is 0 Å². The van der Waals surface area contributed by atoms with Gasteiger partial charge < -0.3 is 10.6 Å². The molecular formula is C14H20BrN3O2. The van der Waals surface area contributed by atoms with E-state index in [0.29, 0.717) is 6.54 Å². The number of amides is 2. The molecule has 1 rings (SSSR count). The van der Waals surface area contributed by atoms with Crippen LogP contribution >= 0.6 is 15.9 Å². The monoisotopic (exact) mass is 341 g/mol. The van der Waals surface area contributed by atoms with Gasteiger partial charge in [-0.05, 0) is 37.2 Å². The first-order valence-electron chi connectivity index (χ1n) is 6.53. The van der Waals surface area contributed by atoms with Gasteiger partial charge in [0.05, 0.1) is 13.1 Å². The third kappa shape index (κ3) is 6.16. The average molecular weight is 342 g/mol. The van der Waals surface area contributed by atoms with E-state index in [1.54, 1.807) is 7.05 Å². The van der Waals surface area contributed by atoms with Gasteiger partial charge in [0.2, 0.25) is 11.8 Å². The van der Waals surface area contributed by atoms with Crippen molar-refractivity contribution in [3.8, 4) is 0 Å². The minimum atomic E-state index is -0.121. The van der Waals surface area contributed by atoms with Crippen molar-refractivity contribution < 1.29 is 9.59 Å². The molecule has 0 spiro atoms. The fraction of sp³-hybridized carbons (Fsp3) is 0.429. The first-order valence-corrected chi connectivity index (χ1v) is 7.32. The van der Waals surface area contributed by atoms with Crippen molar-refractivity contribution >= 4 is 33.4 Å². The van der Waals surface area contributed by atoms with Gasteiger partial charge in [0, 0.05) is 17.2 Å². The lowest BCUT2D eigenvalue weighted by Gasteiger charge is -2.20. The lowest BCUT2D eigenvalue weighted by atomic mass is 10.3. The molecule has 2 N–H and O–H groups in total. The molecule has 0 unspecified atom stereocenters. The van der Waals surface area contributed by atoms with Crippen LogP contribution in [-0.4, -0.2) is 43.4 Å². The molecule has 6 heteroatoms. The SMILES string of the molecule is CCCN(CC(=O)NC)CC(=O)Nc1ccc(Br)cc1. The van der Waals surface area contributed by atoms with Crippen LogP contribution in [-0.2, 0) is 9.59 Å². The first-order chi connectivity index (χ1) is 9.55. The topological polar surface area (TPSA) is 61.4 Å². The predicted octanol–water partition coefficient (Wildman–Crippen LogP) is 1.85. The van der Waals surface area contributed by atoms with Crippen LogP contribution in [0.15, 0.2) is 28.7 Å². The quantitative estimate of drug-likeness (QED) is 0.795. The fourth-order valence-corrected chi connectivity index (χ4v) is 2.01. The van der Waals surface area contributed by atoms with Gasteiger partial charge in [-0.1, -0.05) is 22.9 Å². The zero-order valence-corrected chi connectivity index (χ0v) is 13.4. The number of rotatable bonds is 7. The van der Waals surface area contributed by atoms with Crippen molar-refractivity contribution in [2.75, 3.05) is 32.0 Å². The normalized spacial score (nSPS) is 10.4. The summed E-state index contributed by atoms with van der Waals surface area (Å²) >= 11 is 3.34. The first kappa shape index (κ1) is 16.7. The summed E-state index contributed by atoms with van der Waals surface area (Å²) in [6.45, 7) is 3.17. The molecule has 2 amide bonds. The Morgan fingerprint density at radius 3 is 2.30 bits per heavy atom. The van der Waals surface area contributed by atoms with Gasteiger partial charge in [0.1, 0.15) is 0 Å². The molecule has 0 radical (unpaired) electrons. The molecule has 0 saturated heterocycles. The Kier molecular flexibility index (Phi) is 7.25. The van der Waals surface area contributed by atoms with E-state index in [4.69, 9.17) is 0 Å². The zero-order chi connectivity index (χ0) is 15.0. The number of nitrogens with one attached hydrogen (secondary N) is 2. The van der Waals surface area contributed by atoms with Gasteiger partial charge >= 0.3 is 0 Å². The number of carbonyl (C=O) groups excluding carboxylic acids is 2. The van der Waals surface area contributed by atoms with E-state index in [-0.39, 0.29) is 24.9 Å². The summed E-state index contributed by atoms with van der Waals surface area (Å²) in [5.74, 6) is -0.209. The lowest BCUT2D eigenvalue weighted by Crippen LogP contribution is -2.40. The smallest absolute Gasteiger partial charge is 0.238 e. The number of likely N-dealkylation sites (N-methyl/N-ethyl adjacent to an activating group) is 1. The van der Waals surface area contributed by atoms with Crippen LogP contribution in [0, 0.1) is 0 Å². The Labute approximate surface area is 127 Å². The van der Waals surface area contributed by atoms with Crippen LogP contribution in [0.1, 0.15) is 13.3 Å². The summed E-state index contributed by atoms with van der Waals surface area (Å²) < 4.78 is 0.961. The standard InChI is InChI=1S/C14H20BrN3O2/c1-3-8-18(9-13(19)16-2)10-14(20)17-12-6-4-11(15)5-7-12/h4-7H,3,8-10H2,1-2H3,(H,16,19)(H,17,20). The Hall–Kier alpha value is -1.40. The molecule has 0 bridgehead atoms. The minimum Gasteiger partial charge on any atom is -0.358 e. The molecule has 0 aromatic heterocycles. The molecule has 5 nitrogen and oxygen atoms in total. The molecule has 0 heterocycles. The number of hydrogen-bond acceptors (Lipinski definition) is 3. The molecule has 1 aromatic rings. The highest BCUT2D eigenvalue weighted by Gasteiger charge is 2.13. The molecule has 1 aromatic carbocycles. The van der Waals surface area contributed by atoms with E-state index < -0.39 is 0 Å². The van der Waals surface area contributed by atoms with Crippen LogP contribution in [0.25, 0.3) is 0 Å². The van der Waals surface area contributed by atoms with Crippen molar-refractivity contribution in [3.05, 3.63) is 28.7 Å². The summed E-state index contributed by atoms with van der Waals surface area (Å²) in [6, 6.07) is 7.38. The summed E-state index contributed by atoms with van der Waals surface area (Å²) in [7, 11) is 1.59. The number of benzene rings is 1. The number of hydrogen-bond donors (Lipinski definition) is 2. The Balaban J connectivity index is 2.52. The summed E-state index contributed by atoms with van der Waals surface area (Å²) in [5.41, 5.74) is 0.745. The van der Waals surface area contributed by atoms with E-state index in [2.05, 4.69) is 26.6 Å². The molecule has 0 atom stereocenters. The lowest BCUT2D eigenvalue weighted by molar-refractivity contribution is -0.123. The number of nitrogens with zero attached hydrogens (tertiary/aromatic N) is 1. The van der Waals surface area contributed by atoms with Crippen molar-refractivity contribution in [1.29, 1.82) is 0 Å². The Bertz CT molecular complexity index is 448. The van der Waals surface area contributed by atoms with Crippen LogP contribution in [0.4, 0.5) is 5.69 Å². The average Bonchev–Trinajstić information content (AvgIpc) is 2.41. The second-order valence-corrected chi connectivity index (χ2v) is 5.35. The maximum Gasteiger partial charge on any atom is 0.238 e. The van der Waals surface area contributed by atoms with Gasteiger partial charge in [-0.15, -0.1) is 0 Å². The number of anilines is 1. The van der Waals surface area contributed by atoms with Crippen LogP contribution in [0.3, 0.4) is 0 Å². The van der Waals surface area contributed by atoms with E-state index in [0.717, 1.165) is 16.6 Å². The van der Waals surface area contributed by atoms with Crippen LogP contribution < -0.4 is 10.6 Å². The fourth-order valence-electron chi connectivity index (χ4n) is 1.75. The summed E-state index contributed by atoms with van der Waals surface area (Å²) in [4.78, 5) is 25.2. The van der Waals surface area contributed by atoms with E-state index in [9.17, 15) is 9.59 Å². The van der Waals surface area contributed by atoms with E-state index in [1.165, 1.54) is 0 Å². The zero-order valence-electron chi connectivity index (χ0n) is 11.8. The molecule has 0 saturated carbocycles. The summed E-state index contributed by atoms with van der Waals surface area (Å²) in [6.07, 6.45) is 0.891. The predicted molar refractivity (Wildman–Crippen MR) is 83.6 cm³/mol. The molecule has 20 heavy (non-hydrogen) atoms. The van der Waals surface area contributed by atoms with Gasteiger partial charge in [0.25, 0.3) is 0 Å². The number of carbonyl (C=O) groups is 2. The molecular weight excluding hydrogens is 322 g/mol. The molecule has 110 valence electrons. The van der Waals surface area contributed by atoms with E-state index in [1.807, 2.05) is 36.1 Å². The van der Waals surface area contributed by atoms with Crippen molar-refractivity contribution in [2.24, 2.45) is 0 Å². The Morgan fingerprint density at radius 2 is 1.75 bits per heavy atom. The highest BCUT2D eigenvalue weighted by atomic mass is 79.9. The second-order valence-electron chi connectivity index (χ2n) is 4.44.